The Labute approximate surface area is 178 Å². The highest BCUT2D eigenvalue weighted by molar-refractivity contribution is 5.76. The minimum atomic E-state index is -0.462. The Bertz CT molecular complexity index is 1020. The van der Waals surface area contributed by atoms with E-state index in [1.54, 1.807) is 0 Å². The van der Waals surface area contributed by atoms with Gasteiger partial charge in [0.1, 0.15) is 11.4 Å². The summed E-state index contributed by atoms with van der Waals surface area (Å²) in [6.07, 6.45) is 1.58. The van der Waals surface area contributed by atoms with E-state index in [-0.39, 0.29) is 6.09 Å². The number of benzene rings is 2. The van der Waals surface area contributed by atoms with Crippen molar-refractivity contribution in [1.82, 2.24) is 14.5 Å². The molecular weight excluding hydrogens is 374 g/mol. The molecule has 1 amide bonds. The molecule has 30 heavy (non-hydrogen) atoms. The maximum Gasteiger partial charge on any atom is 0.410 e. The van der Waals surface area contributed by atoms with Crippen molar-refractivity contribution >= 4 is 17.1 Å². The molecule has 2 heterocycles. The summed E-state index contributed by atoms with van der Waals surface area (Å²) < 4.78 is 7.90. The third kappa shape index (κ3) is 4.50. The highest BCUT2D eigenvalue weighted by Gasteiger charge is 2.30. The summed E-state index contributed by atoms with van der Waals surface area (Å²) >= 11 is 0. The molecular formula is C25H31N3O2. The van der Waals surface area contributed by atoms with Gasteiger partial charge in [0.15, 0.2) is 0 Å². The third-order valence-electron chi connectivity index (χ3n) is 5.66. The number of likely N-dealkylation sites (tertiary alicyclic amines) is 1. The molecule has 0 aliphatic carbocycles. The predicted molar refractivity (Wildman–Crippen MR) is 120 cm³/mol. The quantitative estimate of drug-likeness (QED) is 0.577. The zero-order valence-electron chi connectivity index (χ0n) is 18.4. The molecule has 0 saturated carbocycles. The second kappa shape index (κ2) is 8.13. The molecule has 1 fully saturated rings. The van der Waals surface area contributed by atoms with Crippen molar-refractivity contribution in [2.45, 2.75) is 58.6 Å². The second-order valence-electron chi connectivity index (χ2n) is 9.27. The van der Waals surface area contributed by atoms with E-state index in [4.69, 9.17) is 9.72 Å². The number of rotatable bonds is 3. The molecule has 0 spiro atoms. The van der Waals surface area contributed by atoms with Crippen LogP contribution in [0.2, 0.25) is 0 Å². The lowest BCUT2D eigenvalue weighted by atomic mass is 9.96. The first-order chi connectivity index (χ1) is 14.3. The van der Waals surface area contributed by atoms with Crippen LogP contribution in [0.4, 0.5) is 4.79 Å². The smallest absolute Gasteiger partial charge is 0.410 e. The first-order valence-electron chi connectivity index (χ1n) is 10.8. The Morgan fingerprint density at radius 3 is 2.40 bits per heavy atom. The molecule has 4 rings (SSSR count). The molecule has 5 heteroatoms. The van der Waals surface area contributed by atoms with Crippen LogP contribution < -0.4 is 0 Å². The summed E-state index contributed by atoms with van der Waals surface area (Å²) in [5, 5.41) is 0. The van der Waals surface area contributed by atoms with Gasteiger partial charge in [-0.2, -0.15) is 0 Å². The summed E-state index contributed by atoms with van der Waals surface area (Å²) in [5.41, 5.74) is 4.28. The molecule has 0 radical (unpaired) electrons. The van der Waals surface area contributed by atoms with Crippen molar-refractivity contribution in [3.63, 3.8) is 0 Å². The van der Waals surface area contributed by atoms with E-state index in [1.165, 1.54) is 16.6 Å². The monoisotopic (exact) mass is 405 g/mol. The summed E-state index contributed by atoms with van der Waals surface area (Å²) in [4.78, 5) is 19.3. The number of hydrogen-bond acceptors (Lipinski definition) is 3. The highest BCUT2D eigenvalue weighted by Crippen LogP contribution is 2.31. The predicted octanol–water partition coefficient (Wildman–Crippen LogP) is 5.51. The first kappa shape index (κ1) is 20.5. The van der Waals surface area contributed by atoms with Crippen LogP contribution in [0.25, 0.3) is 11.0 Å². The number of piperidine rings is 1. The SMILES string of the molecule is Cc1ccc(Cn2c(C3CCN(C(=O)OC(C)(C)C)CC3)nc3ccccc32)cc1. The molecule has 2 aromatic carbocycles. The zero-order chi connectivity index (χ0) is 21.3. The van der Waals surface area contributed by atoms with E-state index in [9.17, 15) is 4.79 Å². The molecule has 0 atom stereocenters. The van der Waals surface area contributed by atoms with Crippen molar-refractivity contribution < 1.29 is 9.53 Å². The number of amides is 1. The maximum atomic E-state index is 12.4. The number of ether oxygens (including phenoxy) is 1. The number of carbonyl (C=O) groups excluding carboxylic acids is 1. The average Bonchev–Trinajstić information content (AvgIpc) is 3.07. The Kier molecular flexibility index (Phi) is 5.54. The lowest BCUT2D eigenvalue weighted by molar-refractivity contribution is 0.0202. The van der Waals surface area contributed by atoms with Crippen LogP contribution in [0.5, 0.6) is 0 Å². The van der Waals surface area contributed by atoms with Crippen molar-refractivity contribution in [3.8, 4) is 0 Å². The fraction of sp³-hybridized carbons (Fsp3) is 0.440. The van der Waals surface area contributed by atoms with Crippen LogP contribution in [0.15, 0.2) is 48.5 Å². The minimum absolute atomic E-state index is 0.214. The van der Waals surface area contributed by atoms with Crippen molar-refractivity contribution in [2.24, 2.45) is 0 Å². The van der Waals surface area contributed by atoms with Gasteiger partial charge in [0.2, 0.25) is 0 Å². The molecule has 158 valence electrons. The minimum Gasteiger partial charge on any atom is -0.444 e. The van der Waals surface area contributed by atoms with Gasteiger partial charge in [0.25, 0.3) is 0 Å². The number of nitrogens with zero attached hydrogens (tertiary/aromatic N) is 3. The highest BCUT2D eigenvalue weighted by atomic mass is 16.6. The van der Waals surface area contributed by atoms with Gasteiger partial charge in [0.05, 0.1) is 11.0 Å². The van der Waals surface area contributed by atoms with Crippen LogP contribution >= 0.6 is 0 Å². The number of carbonyl (C=O) groups is 1. The van der Waals surface area contributed by atoms with Gasteiger partial charge in [-0.3, -0.25) is 0 Å². The van der Waals surface area contributed by atoms with Gasteiger partial charge < -0.3 is 14.2 Å². The van der Waals surface area contributed by atoms with Gasteiger partial charge in [-0.15, -0.1) is 0 Å². The Morgan fingerprint density at radius 1 is 1.07 bits per heavy atom. The number of hydrogen-bond donors (Lipinski definition) is 0. The van der Waals surface area contributed by atoms with Crippen LogP contribution in [0.3, 0.4) is 0 Å². The van der Waals surface area contributed by atoms with Crippen molar-refractivity contribution in [3.05, 3.63) is 65.5 Å². The summed E-state index contributed by atoms with van der Waals surface area (Å²) in [7, 11) is 0. The van der Waals surface area contributed by atoms with Gasteiger partial charge in [0, 0.05) is 25.6 Å². The Morgan fingerprint density at radius 2 is 1.73 bits per heavy atom. The van der Waals surface area contributed by atoms with E-state index in [0.717, 1.165) is 30.7 Å². The molecule has 0 bridgehead atoms. The van der Waals surface area contributed by atoms with Crippen LogP contribution in [-0.4, -0.2) is 39.2 Å². The molecule has 1 aliphatic heterocycles. The van der Waals surface area contributed by atoms with Crippen molar-refractivity contribution in [2.75, 3.05) is 13.1 Å². The van der Waals surface area contributed by atoms with E-state index in [1.807, 2.05) is 31.7 Å². The third-order valence-corrected chi connectivity index (χ3v) is 5.66. The number of fused-ring (bicyclic) bond motifs is 1. The van der Waals surface area contributed by atoms with Crippen LogP contribution in [0, 0.1) is 6.92 Å². The summed E-state index contributed by atoms with van der Waals surface area (Å²) in [6.45, 7) is 10.0. The number of aromatic nitrogens is 2. The fourth-order valence-corrected chi connectivity index (χ4v) is 4.09. The Balaban J connectivity index is 1.56. The number of aryl methyl sites for hydroxylation is 1. The standard InChI is InChI=1S/C25H31N3O2/c1-18-9-11-19(12-10-18)17-28-22-8-6-5-7-21(22)26-23(28)20-13-15-27(16-14-20)24(29)30-25(2,3)4/h5-12,20H,13-17H2,1-4H3. The number of para-hydroxylation sites is 2. The van der Waals surface area contributed by atoms with Gasteiger partial charge >= 0.3 is 6.09 Å². The second-order valence-corrected chi connectivity index (χ2v) is 9.27. The average molecular weight is 406 g/mol. The Hall–Kier alpha value is -2.82. The van der Waals surface area contributed by atoms with Gasteiger partial charge in [-0.1, -0.05) is 42.0 Å². The summed E-state index contributed by atoms with van der Waals surface area (Å²) in [5.74, 6) is 1.46. The maximum absolute atomic E-state index is 12.4. The molecule has 0 unspecified atom stereocenters. The molecule has 1 aliphatic rings. The van der Waals surface area contributed by atoms with E-state index in [0.29, 0.717) is 19.0 Å². The number of imidazole rings is 1. The largest absolute Gasteiger partial charge is 0.444 e. The van der Waals surface area contributed by atoms with Crippen molar-refractivity contribution in [1.29, 1.82) is 0 Å². The normalized spacial score (nSPS) is 15.5. The summed E-state index contributed by atoms with van der Waals surface area (Å²) in [6, 6.07) is 17.1. The zero-order valence-corrected chi connectivity index (χ0v) is 18.4. The van der Waals surface area contributed by atoms with E-state index < -0.39 is 5.60 Å². The van der Waals surface area contributed by atoms with E-state index in [2.05, 4.69) is 54.0 Å². The lowest BCUT2D eigenvalue weighted by Crippen LogP contribution is -2.41. The molecule has 5 nitrogen and oxygen atoms in total. The van der Waals surface area contributed by atoms with E-state index >= 15 is 0 Å². The van der Waals surface area contributed by atoms with Crippen LogP contribution in [0.1, 0.15) is 56.5 Å². The van der Waals surface area contributed by atoms with Gasteiger partial charge in [-0.25, -0.2) is 9.78 Å². The topological polar surface area (TPSA) is 47.4 Å². The molecule has 1 aromatic heterocycles. The van der Waals surface area contributed by atoms with Crippen LogP contribution in [-0.2, 0) is 11.3 Å². The fourth-order valence-electron chi connectivity index (χ4n) is 4.09. The molecule has 3 aromatic rings. The first-order valence-corrected chi connectivity index (χ1v) is 10.8. The molecule has 1 saturated heterocycles. The molecule has 0 N–H and O–H groups in total. The van der Waals surface area contributed by atoms with Gasteiger partial charge in [-0.05, 0) is 58.2 Å². The lowest BCUT2D eigenvalue weighted by Gasteiger charge is -2.33.